The van der Waals surface area contributed by atoms with Gasteiger partial charge in [-0.05, 0) is 25.7 Å². The maximum absolute atomic E-state index is 12.2. The summed E-state index contributed by atoms with van der Waals surface area (Å²) in [5.41, 5.74) is 0. The highest BCUT2D eigenvalue weighted by Gasteiger charge is 2.34. The average molecular weight is 298 g/mol. The second-order valence-electron chi connectivity index (χ2n) is 5.94. The van der Waals surface area contributed by atoms with E-state index in [9.17, 15) is 9.59 Å². The van der Waals surface area contributed by atoms with Gasteiger partial charge in [-0.1, -0.05) is 0 Å². The molecule has 2 aliphatic heterocycles. The van der Waals surface area contributed by atoms with E-state index in [4.69, 9.17) is 9.47 Å². The van der Waals surface area contributed by atoms with Gasteiger partial charge in [0.2, 0.25) is 11.8 Å². The van der Waals surface area contributed by atoms with Gasteiger partial charge in [-0.2, -0.15) is 0 Å². The molecule has 0 aromatic heterocycles. The molecule has 0 spiro atoms. The van der Waals surface area contributed by atoms with Crippen LogP contribution in [0.4, 0.5) is 0 Å². The molecule has 2 heterocycles. The summed E-state index contributed by atoms with van der Waals surface area (Å²) in [5.74, 6) is 0.0289. The minimum absolute atomic E-state index is 0.0139. The number of nitrogens with zero attached hydrogens (tertiary/aromatic N) is 2. The van der Waals surface area contributed by atoms with Crippen molar-refractivity contribution in [3.05, 3.63) is 0 Å². The number of amides is 2. The first-order chi connectivity index (χ1) is 10.1. The summed E-state index contributed by atoms with van der Waals surface area (Å²) < 4.78 is 11.0. The van der Waals surface area contributed by atoms with Gasteiger partial charge in [0.25, 0.3) is 0 Å². The van der Waals surface area contributed by atoms with Crippen LogP contribution in [0.2, 0.25) is 0 Å². The van der Waals surface area contributed by atoms with Gasteiger partial charge in [0.05, 0.1) is 25.7 Å². The molecular weight excluding hydrogens is 272 g/mol. The largest absolute Gasteiger partial charge is 0.378 e. The van der Waals surface area contributed by atoms with Crippen LogP contribution in [-0.2, 0) is 19.1 Å². The number of likely N-dealkylation sites (tertiary alicyclic amines) is 1. The van der Waals surface area contributed by atoms with Crippen LogP contribution in [0.3, 0.4) is 0 Å². The predicted octanol–water partition coefficient (Wildman–Crippen LogP) is 0.651. The second kappa shape index (κ2) is 7.75. The van der Waals surface area contributed by atoms with E-state index in [-0.39, 0.29) is 24.0 Å². The fourth-order valence-corrected chi connectivity index (χ4v) is 2.91. The Morgan fingerprint density at radius 1 is 1.29 bits per heavy atom. The molecular formula is C15H26N2O4. The van der Waals surface area contributed by atoms with E-state index in [1.807, 2.05) is 0 Å². The Morgan fingerprint density at radius 2 is 2.10 bits per heavy atom. The van der Waals surface area contributed by atoms with Gasteiger partial charge in [-0.15, -0.1) is 0 Å². The first-order valence-corrected chi connectivity index (χ1v) is 7.79. The van der Waals surface area contributed by atoms with Crippen LogP contribution < -0.4 is 0 Å². The van der Waals surface area contributed by atoms with E-state index < -0.39 is 0 Å². The topological polar surface area (TPSA) is 59.1 Å². The fraction of sp³-hybridized carbons (Fsp3) is 0.867. The number of rotatable bonds is 6. The van der Waals surface area contributed by atoms with Gasteiger partial charge < -0.3 is 19.3 Å². The zero-order valence-electron chi connectivity index (χ0n) is 13.0. The standard InChI is InChI=1S/C15H26N2O4/c1-16(2)15(19)13-6-3-8-17(13)14(18)7-10-20-11-12-5-4-9-21-12/h12-13H,3-11H2,1-2H3. The molecule has 6 heteroatoms. The van der Waals surface area contributed by atoms with Crippen LogP contribution in [0.5, 0.6) is 0 Å². The first-order valence-electron chi connectivity index (χ1n) is 7.79. The highest BCUT2D eigenvalue weighted by Crippen LogP contribution is 2.20. The van der Waals surface area contributed by atoms with Crippen molar-refractivity contribution < 1.29 is 19.1 Å². The molecule has 21 heavy (non-hydrogen) atoms. The molecule has 120 valence electrons. The molecule has 0 saturated carbocycles. The molecule has 0 aliphatic carbocycles. The molecule has 2 fully saturated rings. The molecule has 0 aromatic carbocycles. The van der Waals surface area contributed by atoms with Crippen molar-refractivity contribution >= 4 is 11.8 Å². The molecule has 2 rings (SSSR count). The lowest BCUT2D eigenvalue weighted by atomic mass is 10.2. The molecule has 2 unspecified atom stereocenters. The zero-order chi connectivity index (χ0) is 15.2. The van der Waals surface area contributed by atoms with Crippen molar-refractivity contribution in [3.63, 3.8) is 0 Å². The summed E-state index contributed by atoms with van der Waals surface area (Å²) in [6, 6.07) is -0.286. The zero-order valence-corrected chi connectivity index (χ0v) is 13.0. The lowest BCUT2D eigenvalue weighted by molar-refractivity contribution is -0.143. The minimum Gasteiger partial charge on any atom is -0.378 e. The summed E-state index contributed by atoms with van der Waals surface area (Å²) in [5, 5.41) is 0. The summed E-state index contributed by atoms with van der Waals surface area (Å²) >= 11 is 0. The molecule has 2 saturated heterocycles. The Bertz CT molecular complexity index is 367. The molecule has 2 amide bonds. The third-order valence-electron chi connectivity index (χ3n) is 4.09. The number of likely N-dealkylation sites (N-methyl/N-ethyl adjacent to an activating group) is 1. The van der Waals surface area contributed by atoms with E-state index in [1.165, 1.54) is 0 Å². The van der Waals surface area contributed by atoms with Gasteiger partial charge in [0.1, 0.15) is 6.04 Å². The average Bonchev–Trinajstić information content (AvgIpc) is 3.13. The molecule has 0 radical (unpaired) electrons. The van der Waals surface area contributed by atoms with Gasteiger partial charge in [0.15, 0.2) is 0 Å². The number of hydrogen-bond donors (Lipinski definition) is 0. The van der Waals surface area contributed by atoms with E-state index in [1.54, 1.807) is 23.9 Å². The Balaban J connectivity index is 1.70. The monoisotopic (exact) mass is 298 g/mol. The quantitative estimate of drug-likeness (QED) is 0.676. The fourth-order valence-electron chi connectivity index (χ4n) is 2.91. The lowest BCUT2D eigenvalue weighted by Gasteiger charge is -2.26. The molecule has 0 N–H and O–H groups in total. The second-order valence-corrected chi connectivity index (χ2v) is 5.94. The SMILES string of the molecule is CN(C)C(=O)C1CCCN1C(=O)CCOCC1CCCO1. The first kappa shape index (κ1) is 16.2. The summed E-state index contributed by atoms with van der Waals surface area (Å²) in [6.07, 6.45) is 4.32. The molecule has 2 atom stereocenters. The number of ether oxygens (including phenoxy) is 2. The number of hydrogen-bond acceptors (Lipinski definition) is 4. The Hall–Kier alpha value is -1.14. The Labute approximate surface area is 126 Å². The van der Waals surface area contributed by atoms with Crippen LogP contribution in [0.1, 0.15) is 32.1 Å². The molecule has 0 aromatic rings. The van der Waals surface area contributed by atoms with E-state index in [2.05, 4.69) is 0 Å². The van der Waals surface area contributed by atoms with Gasteiger partial charge in [0, 0.05) is 27.2 Å². The van der Waals surface area contributed by atoms with Crippen molar-refractivity contribution in [1.29, 1.82) is 0 Å². The van der Waals surface area contributed by atoms with Crippen LogP contribution in [-0.4, -0.2) is 74.2 Å². The smallest absolute Gasteiger partial charge is 0.244 e. The number of carbonyl (C=O) groups excluding carboxylic acids is 2. The highest BCUT2D eigenvalue weighted by atomic mass is 16.5. The molecule has 0 bridgehead atoms. The van der Waals surface area contributed by atoms with Gasteiger partial charge >= 0.3 is 0 Å². The maximum atomic E-state index is 12.2. The third kappa shape index (κ3) is 4.41. The van der Waals surface area contributed by atoms with Crippen LogP contribution >= 0.6 is 0 Å². The van der Waals surface area contributed by atoms with Crippen LogP contribution in [0.25, 0.3) is 0 Å². The number of carbonyl (C=O) groups is 2. The lowest BCUT2D eigenvalue weighted by Crippen LogP contribution is -2.45. The van der Waals surface area contributed by atoms with Crippen molar-refractivity contribution in [1.82, 2.24) is 9.80 Å². The summed E-state index contributed by atoms with van der Waals surface area (Å²) in [6.45, 7) is 2.45. The van der Waals surface area contributed by atoms with E-state index in [0.29, 0.717) is 26.2 Å². The predicted molar refractivity (Wildman–Crippen MR) is 77.8 cm³/mol. The van der Waals surface area contributed by atoms with Crippen molar-refractivity contribution in [2.45, 2.75) is 44.2 Å². The van der Waals surface area contributed by atoms with Crippen molar-refractivity contribution in [3.8, 4) is 0 Å². The normalized spacial score (nSPS) is 25.3. The Morgan fingerprint density at radius 3 is 2.76 bits per heavy atom. The summed E-state index contributed by atoms with van der Waals surface area (Å²) in [7, 11) is 3.46. The van der Waals surface area contributed by atoms with Crippen LogP contribution in [0.15, 0.2) is 0 Å². The van der Waals surface area contributed by atoms with E-state index >= 15 is 0 Å². The van der Waals surface area contributed by atoms with Gasteiger partial charge in [-0.25, -0.2) is 0 Å². The van der Waals surface area contributed by atoms with Crippen molar-refractivity contribution in [2.24, 2.45) is 0 Å². The maximum Gasteiger partial charge on any atom is 0.244 e. The van der Waals surface area contributed by atoms with Crippen LogP contribution in [0, 0.1) is 0 Å². The van der Waals surface area contributed by atoms with Gasteiger partial charge in [-0.3, -0.25) is 9.59 Å². The Kier molecular flexibility index (Phi) is 5.99. The van der Waals surface area contributed by atoms with E-state index in [0.717, 1.165) is 32.3 Å². The molecule has 2 aliphatic rings. The molecule has 6 nitrogen and oxygen atoms in total. The minimum atomic E-state index is -0.286. The third-order valence-corrected chi connectivity index (χ3v) is 4.09. The van der Waals surface area contributed by atoms with Crippen molar-refractivity contribution in [2.75, 3.05) is 40.5 Å². The summed E-state index contributed by atoms with van der Waals surface area (Å²) in [4.78, 5) is 27.5. The highest BCUT2D eigenvalue weighted by molar-refractivity contribution is 5.88.